The van der Waals surface area contributed by atoms with Crippen molar-refractivity contribution >= 4 is 11.4 Å². The summed E-state index contributed by atoms with van der Waals surface area (Å²) in [4.78, 5) is 1.92. The summed E-state index contributed by atoms with van der Waals surface area (Å²) in [5.74, 6) is 0.506. The van der Waals surface area contributed by atoms with Crippen LogP contribution in [0.2, 0.25) is 0 Å². The highest BCUT2D eigenvalue weighted by Gasteiger charge is 2.16. The van der Waals surface area contributed by atoms with Crippen LogP contribution >= 0.6 is 0 Å². The number of rotatable bonds is 4. The van der Waals surface area contributed by atoms with E-state index in [1.54, 1.807) is 20.1 Å². The van der Waals surface area contributed by atoms with Crippen LogP contribution in [-0.4, -0.2) is 14.2 Å². The van der Waals surface area contributed by atoms with E-state index in [1.165, 1.54) is 6.07 Å². The molecule has 0 aliphatic rings. The average molecular weight is 274 g/mol. The number of hydrogen-bond donors (Lipinski definition) is 1. The SMILES string of the molecule is COc1ccc(N(C)c2cccc(F)c2C(C)N)cc1. The Morgan fingerprint density at radius 2 is 1.80 bits per heavy atom. The lowest BCUT2D eigenvalue weighted by atomic mass is 10.0. The molecular formula is C16H19FN2O. The molecule has 1 unspecified atom stereocenters. The summed E-state index contributed by atoms with van der Waals surface area (Å²) in [6.07, 6.45) is 0. The van der Waals surface area contributed by atoms with Crippen molar-refractivity contribution in [3.05, 3.63) is 53.8 Å². The third-order valence-corrected chi connectivity index (χ3v) is 3.31. The monoisotopic (exact) mass is 274 g/mol. The summed E-state index contributed by atoms with van der Waals surface area (Å²) < 4.78 is 19.1. The predicted molar refractivity (Wildman–Crippen MR) is 80.1 cm³/mol. The first-order valence-electron chi connectivity index (χ1n) is 6.46. The number of halogens is 1. The molecule has 3 nitrogen and oxygen atoms in total. The van der Waals surface area contributed by atoms with Crippen LogP contribution in [0.1, 0.15) is 18.5 Å². The number of benzene rings is 2. The van der Waals surface area contributed by atoms with E-state index < -0.39 is 0 Å². The number of nitrogens with two attached hydrogens (primary N) is 1. The van der Waals surface area contributed by atoms with Crippen LogP contribution in [0.15, 0.2) is 42.5 Å². The fraction of sp³-hybridized carbons (Fsp3) is 0.250. The molecule has 0 heterocycles. The summed E-state index contributed by atoms with van der Waals surface area (Å²) in [6, 6.07) is 12.2. The summed E-state index contributed by atoms with van der Waals surface area (Å²) >= 11 is 0. The number of anilines is 2. The van der Waals surface area contributed by atoms with Gasteiger partial charge in [0.2, 0.25) is 0 Å². The minimum Gasteiger partial charge on any atom is -0.497 e. The van der Waals surface area contributed by atoms with E-state index in [-0.39, 0.29) is 11.9 Å². The van der Waals surface area contributed by atoms with Gasteiger partial charge in [0, 0.05) is 30.0 Å². The quantitative estimate of drug-likeness (QED) is 0.925. The van der Waals surface area contributed by atoms with Gasteiger partial charge in [-0.05, 0) is 43.3 Å². The van der Waals surface area contributed by atoms with Crippen LogP contribution in [0.4, 0.5) is 15.8 Å². The smallest absolute Gasteiger partial charge is 0.130 e. The zero-order chi connectivity index (χ0) is 14.7. The molecule has 0 amide bonds. The molecule has 106 valence electrons. The Labute approximate surface area is 118 Å². The van der Waals surface area contributed by atoms with Gasteiger partial charge in [0.15, 0.2) is 0 Å². The second-order valence-corrected chi connectivity index (χ2v) is 4.72. The van der Waals surface area contributed by atoms with Gasteiger partial charge in [0.1, 0.15) is 11.6 Å². The Morgan fingerprint density at radius 1 is 1.15 bits per heavy atom. The first-order valence-corrected chi connectivity index (χ1v) is 6.46. The molecule has 0 spiro atoms. The van der Waals surface area contributed by atoms with E-state index >= 15 is 0 Å². The van der Waals surface area contributed by atoms with Crippen LogP contribution < -0.4 is 15.4 Å². The lowest BCUT2D eigenvalue weighted by molar-refractivity contribution is 0.415. The molecule has 20 heavy (non-hydrogen) atoms. The zero-order valence-electron chi connectivity index (χ0n) is 11.9. The predicted octanol–water partition coefficient (Wildman–Crippen LogP) is 3.62. The van der Waals surface area contributed by atoms with Crippen molar-refractivity contribution in [2.45, 2.75) is 13.0 Å². The molecule has 2 aromatic carbocycles. The third-order valence-electron chi connectivity index (χ3n) is 3.31. The maximum absolute atomic E-state index is 14.0. The molecular weight excluding hydrogens is 255 g/mol. The number of ether oxygens (including phenoxy) is 1. The first-order chi connectivity index (χ1) is 9.54. The Hall–Kier alpha value is -2.07. The molecule has 0 aliphatic carbocycles. The maximum atomic E-state index is 14.0. The van der Waals surface area contributed by atoms with Crippen LogP contribution in [0, 0.1) is 5.82 Å². The fourth-order valence-electron chi connectivity index (χ4n) is 2.21. The van der Waals surface area contributed by atoms with E-state index in [0.717, 1.165) is 17.1 Å². The Kier molecular flexibility index (Phi) is 4.25. The van der Waals surface area contributed by atoms with Crippen molar-refractivity contribution in [2.75, 3.05) is 19.1 Å². The molecule has 0 aromatic heterocycles. The van der Waals surface area contributed by atoms with Crippen molar-refractivity contribution in [1.29, 1.82) is 0 Å². The molecule has 0 saturated carbocycles. The minimum absolute atomic E-state index is 0.280. The Morgan fingerprint density at radius 3 is 2.35 bits per heavy atom. The molecule has 4 heteroatoms. The van der Waals surface area contributed by atoms with Crippen LogP contribution in [0.5, 0.6) is 5.75 Å². The van der Waals surface area contributed by atoms with Gasteiger partial charge in [-0.15, -0.1) is 0 Å². The normalized spacial score (nSPS) is 12.1. The van der Waals surface area contributed by atoms with Crippen LogP contribution in [-0.2, 0) is 0 Å². The Bertz CT molecular complexity index is 582. The van der Waals surface area contributed by atoms with Gasteiger partial charge >= 0.3 is 0 Å². The first kappa shape index (κ1) is 14.3. The Balaban J connectivity index is 2.42. The highest BCUT2D eigenvalue weighted by Crippen LogP contribution is 2.32. The highest BCUT2D eigenvalue weighted by atomic mass is 19.1. The topological polar surface area (TPSA) is 38.5 Å². The molecule has 0 aliphatic heterocycles. The van der Waals surface area contributed by atoms with Gasteiger partial charge in [-0.3, -0.25) is 0 Å². The summed E-state index contributed by atoms with van der Waals surface area (Å²) in [7, 11) is 3.52. The van der Waals surface area contributed by atoms with Crippen molar-refractivity contribution in [2.24, 2.45) is 5.73 Å². The van der Waals surface area contributed by atoms with Crippen LogP contribution in [0.25, 0.3) is 0 Å². The molecule has 2 aromatic rings. The average Bonchev–Trinajstić information content (AvgIpc) is 2.46. The molecule has 2 N–H and O–H groups in total. The zero-order valence-corrected chi connectivity index (χ0v) is 11.9. The largest absolute Gasteiger partial charge is 0.497 e. The summed E-state index contributed by atoms with van der Waals surface area (Å²) in [6.45, 7) is 1.78. The molecule has 0 saturated heterocycles. The molecule has 0 radical (unpaired) electrons. The third kappa shape index (κ3) is 2.75. The van der Waals surface area contributed by atoms with Gasteiger partial charge < -0.3 is 15.4 Å². The molecule has 2 rings (SSSR count). The van der Waals surface area contributed by atoms with E-state index in [9.17, 15) is 4.39 Å². The molecule has 1 atom stereocenters. The fourth-order valence-corrected chi connectivity index (χ4v) is 2.21. The van der Waals surface area contributed by atoms with Crippen molar-refractivity contribution in [1.82, 2.24) is 0 Å². The van der Waals surface area contributed by atoms with Gasteiger partial charge in [-0.2, -0.15) is 0 Å². The summed E-state index contributed by atoms with van der Waals surface area (Å²) in [5.41, 5.74) is 8.12. The van der Waals surface area contributed by atoms with E-state index in [0.29, 0.717) is 5.56 Å². The second-order valence-electron chi connectivity index (χ2n) is 4.72. The van der Waals surface area contributed by atoms with Gasteiger partial charge in [0.25, 0.3) is 0 Å². The van der Waals surface area contributed by atoms with E-state index in [4.69, 9.17) is 10.5 Å². The highest BCUT2D eigenvalue weighted by molar-refractivity contribution is 5.67. The number of methoxy groups -OCH3 is 1. The maximum Gasteiger partial charge on any atom is 0.130 e. The van der Waals surface area contributed by atoms with Gasteiger partial charge in [0.05, 0.1) is 7.11 Å². The second kappa shape index (κ2) is 5.92. The lowest BCUT2D eigenvalue weighted by Crippen LogP contribution is -2.17. The summed E-state index contributed by atoms with van der Waals surface area (Å²) in [5, 5.41) is 0. The molecule has 0 fully saturated rings. The number of nitrogens with zero attached hydrogens (tertiary/aromatic N) is 1. The van der Waals surface area contributed by atoms with Crippen molar-refractivity contribution in [3.63, 3.8) is 0 Å². The molecule has 0 bridgehead atoms. The van der Waals surface area contributed by atoms with E-state index in [2.05, 4.69) is 0 Å². The van der Waals surface area contributed by atoms with Gasteiger partial charge in [-0.1, -0.05) is 6.07 Å². The van der Waals surface area contributed by atoms with Crippen molar-refractivity contribution in [3.8, 4) is 5.75 Å². The van der Waals surface area contributed by atoms with E-state index in [1.807, 2.05) is 42.3 Å². The van der Waals surface area contributed by atoms with Crippen molar-refractivity contribution < 1.29 is 9.13 Å². The number of hydrogen-bond acceptors (Lipinski definition) is 3. The standard InChI is InChI=1S/C16H19FN2O/c1-11(18)16-14(17)5-4-6-15(16)19(2)12-7-9-13(20-3)10-8-12/h4-11H,18H2,1-3H3. The minimum atomic E-state index is -0.369. The van der Waals surface area contributed by atoms with Gasteiger partial charge in [-0.25, -0.2) is 4.39 Å². The lowest BCUT2D eigenvalue weighted by Gasteiger charge is -2.24. The van der Waals surface area contributed by atoms with Crippen LogP contribution in [0.3, 0.4) is 0 Å².